The Morgan fingerprint density at radius 2 is 1.42 bits per heavy atom. The zero-order valence-electron chi connectivity index (χ0n) is 17.1. The molecule has 0 rings (SSSR count). The van der Waals surface area contributed by atoms with E-state index in [0.29, 0.717) is 6.42 Å². The fourth-order valence-corrected chi connectivity index (χ4v) is 2.34. The van der Waals surface area contributed by atoms with Crippen molar-refractivity contribution in [3.8, 4) is 0 Å². The molecule has 0 aliphatic rings. The molecule has 0 aromatic heterocycles. The predicted octanol–water partition coefficient (Wildman–Crippen LogP) is 2.22. The molecule has 0 fully saturated rings. The van der Waals surface area contributed by atoms with Crippen LogP contribution >= 0.6 is 0 Å². The second kappa shape index (κ2) is 7.82. The molecule has 0 aromatic carbocycles. The number of carbonyl (C=O) groups excluding carboxylic acids is 2. The molecule has 1 atom stereocenters. The van der Waals surface area contributed by atoms with E-state index in [1.807, 2.05) is 0 Å². The molecular formula is C17H31O8S-. The van der Waals surface area contributed by atoms with Crippen molar-refractivity contribution in [3.63, 3.8) is 0 Å². The van der Waals surface area contributed by atoms with Crippen molar-refractivity contribution in [1.29, 1.82) is 0 Å². The number of hydrogen-bond acceptors (Lipinski definition) is 8. The van der Waals surface area contributed by atoms with Crippen LogP contribution in [0.1, 0.15) is 61.8 Å². The monoisotopic (exact) mass is 395 g/mol. The van der Waals surface area contributed by atoms with E-state index >= 15 is 0 Å². The summed E-state index contributed by atoms with van der Waals surface area (Å²) in [6, 6.07) is 0. The summed E-state index contributed by atoms with van der Waals surface area (Å²) in [6.45, 7) is 11.6. The lowest BCUT2D eigenvalue weighted by Crippen LogP contribution is -2.53. The molecule has 0 aliphatic carbocycles. The molecule has 0 heterocycles. The Balaban J connectivity index is 5.62. The van der Waals surface area contributed by atoms with Crippen molar-refractivity contribution in [2.75, 3.05) is 13.7 Å². The van der Waals surface area contributed by atoms with E-state index in [1.54, 1.807) is 20.8 Å². The van der Waals surface area contributed by atoms with Gasteiger partial charge in [0.15, 0.2) is 0 Å². The van der Waals surface area contributed by atoms with Crippen LogP contribution in [0, 0.1) is 10.8 Å². The molecule has 1 unspecified atom stereocenters. The van der Waals surface area contributed by atoms with Crippen LogP contribution in [0.2, 0.25) is 0 Å². The summed E-state index contributed by atoms with van der Waals surface area (Å²) in [6.07, 6.45) is 0.468. The molecule has 0 spiro atoms. The van der Waals surface area contributed by atoms with Gasteiger partial charge in [-0.05, 0) is 34.1 Å². The van der Waals surface area contributed by atoms with E-state index in [0.717, 1.165) is 7.11 Å². The average molecular weight is 395 g/mol. The van der Waals surface area contributed by atoms with E-state index < -0.39 is 43.4 Å². The van der Waals surface area contributed by atoms with E-state index in [2.05, 4.69) is 4.74 Å². The van der Waals surface area contributed by atoms with Gasteiger partial charge in [0.2, 0.25) is 0 Å². The molecule has 0 bridgehead atoms. The van der Waals surface area contributed by atoms with Gasteiger partial charge in [-0.2, -0.15) is 0 Å². The third-order valence-electron chi connectivity index (χ3n) is 5.24. The van der Waals surface area contributed by atoms with E-state index in [1.165, 1.54) is 34.6 Å². The third-order valence-corrected chi connectivity index (χ3v) is 7.05. The quantitative estimate of drug-likeness (QED) is 0.331. The molecule has 0 saturated heterocycles. The predicted molar refractivity (Wildman–Crippen MR) is 94.1 cm³/mol. The normalized spacial score (nSPS) is 15.9. The number of methoxy groups -OCH3 is 1. The lowest BCUT2D eigenvalue weighted by Gasteiger charge is -2.44. The minimum Gasteiger partial charge on any atom is -0.748 e. The Labute approximate surface area is 156 Å². The van der Waals surface area contributed by atoms with Gasteiger partial charge in [-0.25, -0.2) is 13.2 Å². The van der Waals surface area contributed by atoms with Gasteiger partial charge < -0.3 is 18.8 Å². The lowest BCUT2D eigenvalue weighted by molar-refractivity contribution is -0.247. The number of carbonyl (C=O) groups is 2. The van der Waals surface area contributed by atoms with Gasteiger partial charge in [0, 0.05) is 12.3 Å². The zero-order chi connectivity index (χ0) is 21.2. The first kappa shape index (κ1) is 24.8. The standard InChI is InChI=1S/C17H32O8S/c1-10-14(2,3)12(18)25-17(8,13(19)23-9)24-11-15(4,5)16(6,7)26(20,21)22/h10-11H2,1-9H3,(H,20,21,22)/p-1. The Bertz CT molecular complexity index is 633. The largest absolute Gasteiger partial charge is 0.748 e. The van der Waals surface area contributed by atoms with Gasteiger partial charge in [-0.1, -0.05) is 20.8 Å². The van der Waals surface area contributed by atoms with Crippen molar-refractivity contribution in [1.82, 2.24) is 0 Å². The molecule has 154 valence electrons. The summed E-state index contributed by atoms with van der Waals surface area (Å²) < 4.78 is 48.5. The van der Waals surface area contributed by atoms with Crippen molar-refractivity contribution >= 4 is 22.1 Å². The first-order chi connectivity index (χ1) is 11.4. The van der Waals surface area contributed by atoms with Crippen LogP contribution in [0.5, 0.6) is 0 Å². The fraction of sp³-hybridized carbons (Fsp3) is 0.882. The molecule has 0 N–H and O–H groups in total. The molecular weight excluding hydrogens is 364 g/mol. The summed E-state index contributed by atoms with van der Waals surface area (Å²) in [5.74, 6) is -3.68. The summed E-state index contributed by atoms with van der Waals surface area (Å²) >= 11 is 0. The van der Waals surface area contributed by atoms with Gasteiger partial charge in [0.05, 0.1) is 23.9 Å². The molecule has 0 aromatic rings. The molecule has 0 aliphatic heterocycles. The third kappa shape index (κ3) is 5.17. The van der Waals surface area contributed by atoms with Crippen LogP contribution in [0.15, 0.2) is 0 Å². The lowest BCUT2D eigenvalue weighted by atomic mass is 9.81. The topological polar surface area (TPSA) is 119 Å². The maximum atomic E-state index is 12.4. The maximum Gasteiger partial charge on any atom is 0.379 e. The number of hydrogen-bond donors (Lipinski definition) is 0. The highest BCUT2D eigenvalue weighted by molar-refractivity contribution is 7.87. The Hall–Kier alpha value is -1.19. The smallest absolute Gasteiger partial charge is 0.379 e. The highest BCUT2D eigenvalue weighted by Crippen LogP contribution is 2.38. The highest BCUT2D eigenvalue weighted by Gasteiger charge is 2.48. The maximum absolute atomic E-state index is 12.4. The minimum atomic E-state index is -4.66. The van der Waals surface area contributed by atoms with Crippen molar-refractivity contribution in [3.05, 3.63) is 0 Å². The van der Waals surface area contributed by atoms with Gasteiger partial charge in [-0.15, -0.1) is 0 Å². The second-order valence-electron chi connectivity index (χ2n) is 8.20. The summed E-state index contributed by atoms with van der Waals surface area (Å²) in [4.78, 5) is 24.5. The fourth-order valence-electron chi connectivity index (χ4n) is 1.61. The second-order valence-corrected chi connectivity index (χ2v) is 10.1. The Morgan fingerprint density at radius 1 is 0.962 bits per heavy atom. The van der Waals surface area contributed by atoms with Crippen LogP contribution in [0.25, 0.3) is 0 Å². The van der Waals surface area contributed by atoms with Crippen molar-refractivity contribution < 1.29 is 36.8 Å². The van der Waals surface area contributed by atoms with Crippen molar-refractivity contribution in [2.45, 2.75) is 72.3 Å². The van der Waals surface area contributed by atoms with E-state index in [4.69, 9.17) is 9.47 Å². The molecule has 0 saturated carbocycles. The van der Waals surface area contributed by atoms with Gasteiger partial charge in [0.1, 0.15) is 10.1 Å². The van der Waals surface area contributed by atoms with Crippen LogP contribution in [-0.4, -0.2) is 49.2 Å². The van der Waals surface area contributed by atoms with Gasteiger partial charge in [-0.3, -0.25) is 4.79 Å². The summed E-state index contributed by atoms with van der Waals surface area (Å²) in [7, 11) is -3.55. The number of esters is 2. The summed E-state index contributed by atoms with van der Waals surface area (Å²) in [5, 5.41) is 0. The van der Waals surface area contributed by atoms with Crippen LogP contribution in [0.3, 0.4) is 0 Å². The number of ether oxygens (including phenoxy) is 3. The van der Waals surface area contributed by atoms with E-state index in [9.17, 15) is 22.6 Å². The molecule has 9 heteroatoms. The molecule has 0 amide bonds. The first-order valence-corrected chi connectivity index (χ1v) is 9.70. The Morgan fingerprint density at radius 3 is 1.77 bits per heavy atom. The molecule has 26 heavy (non-hydrogen) atoms. The Kier molecular flexibility index (Phi) is 7.46. The van der Waals surface area contributed by atoms with Gasteiger partial charge in [0.25, 0.3) is 0 Å². The summed E-state index contributed by atoms with van der Waals surface area (Å²) in [5.41, 5.74) is -2.04. The number of rotatable bonds is 9. The first-order valence-electron chi connectivity index (χ1n) is 8.29. The van der Waals surface area contributed by atoms with Crippen molar-refractivity contribution in [2.24, 2.45) is 10.8 Å². The van der Waals surface area contributed by atoms with Gasteiger partial charge >= 0.3 is 17.7 Å². The average Bonchev–Trinajstić information content (AvgIpc) is 2.50. The minimum absolute atomic E-state index is 0.340. The zero-order valence-corrected chi connectivity index (χ0v) is 17.9. The van der Waals surface area contributed by atoms with Crippen LogP contribution in [0.4, 0.5) is 0 Å². The molecule has 0 radical (unpaired) electrons. The SMILES string of the molecule is CCC(C)(C)C(=O)OC(C)(OCC(C)(C)C(C)(C)S(=O)(=O)[O-])C(=O)OC. The highest BCUT2D eigenvalue weighted by atomic mass is 32.2. The molecule has 8 nitrogen and oxygen atoms in total. The van der Waals surface area contributed by atoms with Crippen LogP contribution < -0.4 is 0 Å². The van der Waals surface area contributed by atoms with E-state index in [-0.39, 0.29) is 6.61 Å². The van der Waals surface area contributed by atoms with Crippen LogP contribution in [-0.2, 0) is 33.9 Å².